The number of ether oxygens (including phenoxy) is 2. The van der Waals surface area contributed by atoms with Gasteiger partial charge in [-0.05, 0) is 43.4 Å². The number of amides is 2. The van der Waals surface area contributed by atoms with E-state index >= 15 is 0 Å². The lowest BCUT2D eigenvalue weighted by Gasteiger charge is -2.33. The van der Waals surface area contributed by atoms with Crippen LogP contribution in [0, 0.1) is 5.92 Å². The predicted octanol–water partition coefficient (Wildman–Crippen LogP) is 1.47. The zero-order valence-corrected chi connectivity index (χ0v) is 17.4. The zero-order valence-electron chi connectivity index (χ0n) is 17.4. The summed E-state index contributed by atoms with van der Waals surface area (Å²) in [4.78, 5) is 50.6. The summed E-state index contributed by atoms with van der Waals surface area (Å²) in [5, 5.41) is 5.37. The summed E-state index contributed by atoms with van der Waals surface area (Å²) < 4.78 is 9.78. The van der Waals surface area contributed by atoms with Gasteiger partial charge in [-0.15, -0.1) is 0 Å². The number of esters is 2. The van der Waals surface area contributed by atoms with Crippen molar-refractivity contribution in [2.24, 2.45) is 5.92 Å². The number of methoxy groups -OCH3 is 1. The Labute approximate surface area is 175 Å². The Balaban J connectivity index is 1.60. The lowest BCUT2D eigenvalue weighted by atomic mass is 10.0. The minimum Gasteiger partial charge on any atom is -0.467 e. The largest absolute Gasteiger partial charge is 0.467 e. The van der Waals surface area contributed by atoms with Gasteiger partial charge in [0.2, 0.25) is 5.91 Å². The van der Waals surface area contributed by atoms with E-state index in [1.165, 1.54) is 7.11 Å². The molecule has 0 spiro atoms. The van der Waals surface area contributed by atoms with Gasteiger partial charge in [-0.3, -0.25) is 9.59 Å². The highest BCUT2D eigenvalue weighted by Crippen LogP contribution is 2.37. The molecular formula is C21H27N3O6. The molecule has 1 aromatic rings. The van der Waals surface area contributed by atoms with Crippen LogP contribution in [0.1, 0.15) is 43.5 Å². The van der Waals surface area contributed by atoms with Crippen LogP contribution in [0.25, 0.3) is 0 Å². The first-order valence-electron chi connectivity index (χ1n) is 10.1. The number of hydrogen-bond acceptors (Lipinski definition) is 7. The van der Waals surface area contributed by atoms with Crippen molar-refractivity contribution in [3.05, 3.63) is 23.8 Å². The van der Waals surface area contributed by atoms with E-state index < -0.39 is 30.5 Å². The summed E-state index contributed by atoms with van der Waals surface area (Å²) in [5.41, 5.74) is 1.66. The number of carbonyl (C=O) groups excluding carboxylic acids is 4. The molecule has 0 radical (unpaired) electrons. The number of carbonyl (C=O) groups is 4. The molecule has 0 aliphatic carbocycles. The average Bonchev–Trinajstić information content (AvgIpc) is 3.21. The average molecular weight is 417 g/mol. The second-order valence-electron chi connectivity index (χ2n) is 7.92. The Morgan fingerprint density at radius 1 is 1.30 bits per heavy atom. The van der Waals surface area contributed by atoms with Gasteiger partial charge in [0.1, 0.15) is 12.1 Å². The van der Waals surface area contributed by atoms with Crippen LogP contribution >= 0.6 is 0 Å². The van der Waals surface area contributed by atoms with Gasteiger partial charge in [-0.1, -0.05) is 13.8 Å². The lowest BCUT2D eigenvalue weighted by Crippen LogP contribution is -2.44. The molecule has 1 aromatic carbocycles. The van der Waals surface area contributed by atoms with Crippen LogP contribution in [0.2, 0.25) is 0 Å². The van der Waals surface area contributed by atoms with Gasteiger partial charge >= 0.3 is 11.9 Å². The van der Waals surface area contributed by atoms with Gasteiger partial charge in [0.15, 0.2) is 6.61 Å². The number of anilines is 2. The van der Waals surface area contributed by atoms with Crippen LogP contribution in [0.3, 0.4) is 0 Å². The van der Waals surface area contributed by atoms with E-state index in [0.717, 1.165) is 25.1 Å². The number of hydrogen-bond donors (Lipinski definition) is 2. The highest BCUT2D eigenvalue weighted by Gasteiger charge is 2.36. The third kappa shape index (κ3) is 4.72. The molecule has 9 heteroatoms. The number of nitrogens with one attached hydrogen (secondary N) is 2. The van der Waals surface area contributed by atoms with Crippen LogP contribution in [0.15, 0.2) is 18.2 Å². The number of rotatable bonds is 7. The van der Waals surface area contributed by atoms with Crippen LogP contribution in [-0.4, -0.2) is 56.1 Å². The number of benzene rings is 1. The molecule has 0 aromatic heterocycles. The Kier molecular flexibility index (Phi) is 6.59. The number of fused-ring (bicyclic) bond motifs is 3. The van der Waals surface area contributed by atoms with E-state index in [0.29, 0.717) is 12.1 Å². The molecule has 2 aliphatic heterocycles. The molecule has 3 rings (SSSR count). The molecule has 0 unspecified atom stereocenters. The Bertz CT molecular complexity index is 853. The van der Waals surface area contributed by atoms with E-state index in [1.54, 1.807) is 18.2 Å². The SMILES string of the molecule is COC(=O)[C@H](CC(C)C)NC(=O)COC(=O)c1ccc2c(c1)NC(=O)[C@H]1CCCN21. The summed E-state index contributed by atoms with van der Waals surface area (Å²) in [6.45, 7) is 4.11. The van der Waals surface area contributed by atoms with E-state index in [4.69, 9.17) is 9.47 Å². The van der Waals surface area contributed by atoms with Crippen molar-refractivity contribution in [1.82, 2.24) is 5.32 Å². The molecule has 2 aliphatic rings. The molecule has 1 saturated heterocycles. The van der Waals surface area contributed by atoms with Gasteiger partial charge in [-0.25, -0.2) is 9.59 Å². The normalized spacial score (nSPS) is 18.2. The molecule has 9 nitrogen and oxygen atoms in total. The van der Waals surface area contributed by atoms with Crippen molar-refractivity contribution in [2.45, 2.75) is 45.2 Å². The van der Waals surface area contributed by atoms with Crippen molar-refractivity contribution in [3.63, 3.8) is 0 Å². The van der Waals surface area contributed by atoms with Gasteiger partial charge < -0.3 is 25.0 Å². The highest BCUT2D eigenvalue weighted by molar-refractivity contribution is 6.05. The first-order valence-corrected chi connectivity index (χ1v) is 10.1. The van der Waals surface area contributed by atoms with Gasteiger partial charge in [0, 0.05) is 6.54 Å². The molecule has 30 heavy (non-hydrogen) atoms. The van der Waals surface area contributed by atoms with Crippen molar-refractivity contribution in [1.29, 1.82) is 0 Å². The molecule has 2 N–H and O–H groups in total. The van der Waals surface area contributed by atoms with E-state index in [-0.39, 0.29) is 23.4 Å². The van der Waals surface area contributed by atoms with E-state index in [9.17, 15) is 19.2 Å². The van der Waals surface area contributed by atoms with Crippen LogP contribution in [-0.2, 0) is 23.9 Å². The van der Waals surface area contributed by atoms with Crippen molar-refractivity contribution in [2.75, 3.05) is 30.5 Å². The molecular weight excluding hydrogens is 390 g/mol. The minimum absolute atomic E-state index is 0.0797. The fourth-order valence-electron chi connectivity index (χ4n) is 3.84. The predicted molar refractivity (Wildman–Crippen MR) is 109 cm³/mol. The quantitative estimate of drug-likeness (QED) is 0.646. The van der Waals surface area contributed by atoms with E-state index in [1.807, 2.05) is 18.7 Å². The molecule has 162 valence electrons. The molecule has 2 atom stereocenters. The van der Waals surface area contributed by atoms with Crippen molar-refractivity contribution < 1.29 is 28.7 Å². The maximum Gasteiger partial charge on any atom is 0.338 e. The van der Waals surface area contributed by atoms with Gasteiger partial charge in [0.05, 0.1) is 24.0 Å². The fraction of sp³-hybridized carbons (Fsp3) is 0.524. The van der Waals surface area contributed by atoms with Crippen molar-refractivity contribution in [3.8, 4) is 0 Å². The van der Waals surface area contributed by atoms with Crippen LogP contribution in [0.4, 0.5) is 11.4 Å². The lowest BCUT2D eigenvalue weighted by molar-refractivity contribution is -0.145. The minimum atomic E-state index is -0.798. The second kappa shape index (κ2) is 9.15. The fourth-order valence-corrected chi connectivity index (χ4v) is 3.84. The topological polar surface area (TPSA) is 114 Å². The smallest absolute Gasteiger partial charge is 0.338 e. The number of nitrogens with zero attached hydrogens (tertiary/aromatic N) is 1. The monoisotopic (exact) mass is 417 g/mol. The summed E-state index contributed by atoms with van der Waals surface area (Å²) in [6.07, 6.45) is 2.17. The first-order chi connectivity index (χ1) is 14.3. The first kappa shape index (κ1) is 21.6. The van der Waals surface area contributed by atoms with Crippen LogP contribution in [0.5, 0.6) is 0 Å². The van der Waals surface area contributed by atoms with Crippen LogP contribution < -0.4 is 15.5 Å². The summed E-state index contributed by atoms with van der Waals surface area (Å²) in [5.74, 6) is -1.74. The maximum atomic E-state index is 12.4. The molecule has 0 saturated carbocycles. The standard InChI is InChI=1S/C21H27N3O6/c1-12(2)9-15(21(28)29-3)22-18(25)11-30-20(27)13-6-7-16-14(10-13)23-19(26)17-5-4-8-24(16)17/h6-7,10,12,15,17H,4-5,8-9,11H2,1-3H3,(H,22,25)(H,23,26)/t15-,17+/m0/s1. The summed E-state index contributed by atoms with van der Waals surface area (Å²) in [7, 11) is 1.25. The molecule has 2 amide bonds. The zero-order chi connectivity index (χ0) is 21.8. The van der Waals surface area contributed by atoms with Gasteiger partial charge in [-0.2, -0.15) is 0 Å². The third-order valence-corrected chi connectivity index (χ3v) is 5.22. The second-order valence-corrected chi connectivity index (χ2v) is 7.92. The molecule has 1 fully saturated rings. The molecule has 2 heterocycles. The molecule has 0 bridgehead atoms. The summed E-state index contributed by atoms with van der Waals surface area (Å²) in [6, 6.07) is 3.99. The third-order valence-electron chi connectivity index (χ3n) is 5.22. The Morgan fingerprint density at radius 2 is 2.07 bits per heavy atom. The maximum absolute atomic E-state index is 12.4. The Morgan fingerprint density at radius 3 is 2.77 bits per heavy atom. The van der Waals surface area contributed by atoms with E-state index in [2.05, 4.69) is 10.6 Å². The Hall–Kier alpha value is -3.10. The summed E-state index contributed by atoms with van der Waals surface area (Å²) >= 11 is 0. The van der Waals surface area contributed by atoms with Gasteiger partial charge in [0.25, 0.3) is 5.91 Å². The van der Waals surface area contributed by atoms with Crippen molar-refractivity contribution >= 4 is 35.1 Å². The highest BCUT2D eigenvalue weighted by atomic mass is 16.5.